The molecule has 0 aliphatic carbocycles. The van der Waals surface area contributed by atoms with Gasteiger partial charge in [0, 0.05) is 19.3 Å². The Bertz CT molecular complexity index is 627. The smallest absolute Gasteiger partial charge is 0.191 e. The highest BCUT2D eigenvalue weighted by molar-refractivity contribution is 6.06. The Morgan fingerprint density at radius 3 is 2.65 bits per heavy atom. The van der Waals surface area contributed by atoms with Gasteiger partial charge in [-0.1, -0.05) is 25.1 Å². The van der Waals surface area contributed by atoms with Gasteiger partial charge in [-0.15, -0.1) is 0 Å². The van der Waals surface area contributed by atoms with E-state index in [0.717, 1.165) is 23.5 Å². The number of ketones is 1. The van der Waals surface area contributed by atoms with Crippen LogP contribution in [0, 0.1) is 6.92 Å². The first kappa shape index (κ1) is 14.1. The fraction of sp³-hybridized carbons (Fsp3) is 0.250. The van der Waals surface area contributed by atoms with Crippen molar-refractivity contribution in [1.82, 2.24) is 15.1 Å². The standard InChI is InChI=1S/C16H19N3O/c1-4-14-16(15(20)10-11-17-3)12(2)19(18-14)13-8-6-5-7-9-13/h5-11,17H,4H2,1-3H3/b11-10+. The molecule has 0 aliphatic heterocycles. The summed E-state index contributed by atoms with van der Waals surface area (Å²) in [6.45, 7) is 3.94. The van der Waals surface area contributed by atoms with E-state index >= 15 is 0 Å². The fourth-order valence-corrected chi connectivity index (χ4v) is 2.19. The SMILES string of the molecule is CCc1nn(-c2ccccc2)c(C)c1C(=O)/C=C/NC. The lowest BCUT2D eigenvalue weighted by molar-refractivity contribution is 0.104. The summed E-state index contributed by atoms with van der Waals surface area (Å²) in [5, 5.41) is 7.40. The topological polar surface area (TPSA) is 46.9 Å². The number of para-hydroxylation sites is 1. The average Bonchev–Trinajstić information content (AvgIpc) is 2.82. The molecule has 2 aromatic rings. The molecule has 0 fully saturated rings. The number of aryl methyl sites for hydroxylation is 1. The lowest BCUT2D eigenvalue weighted by Gasteiger charge is -2.03. The van der Waals surface area contributed by atoms with E-state index in [1.165, 1.54) is 0 Å². The van der Waals surface area contributed by atoms with Crippen LogP contribution in [0.3, 0.4) is 0 Å². The molecule has 0 spiro atoms. The van der Waals surface area contributed by atoms with Gasteiger partial charge in [0.25, 0.3) is 0 Å². The third-order valence-electron chi connectivity index (χ3n) is 3.17. The molecule has 0 atom stereocenters. The van der Waals surface area contributed by atoms with Gasteiger partial charge in [-0.05, 0) is 25.5 Å². The van der Waals surface area contributed by atoms with E-state index in [4.69, 9.17) is 0 Å². The second-order valence-electron chi connectivity index (χ2n) is 4.49. The van der Waals surface area contributed by atoms with Crippen LogP contribution in [0.4, 0.5) is 0 Å². The summed E-state index contributed by atoms with van der Waals surface area (Å²) in [4.78, 5) is 12.3. The molecule has 0 bridgehead atoms. The summed E-state index contributed by atoms with van der Waals surface area (Å²) in [5.41, 5.74) is 3.37. The summed E-state index contributed by atoms with van der Waals surface area (Å²) < 4.78 is 1.83. The summed E-state index contributed by atoms with van der Waals surface area (Å²) in [5.74, 6) is -0.0177. The molecule has 1 heterocycles. The van der Waals surface area contributed by atoms with Crippen LogP contribution in [0.15, 0.2) is 42.6 Å². The highest BCUT2D eigenvalue weighted by atomic mass is 16.1. The van der Waals surface area contributed by atoms with E-state index in [1.54, 1.807) is 19.3 Å². The number of carbonyl (C=O) groups excluding carboxylic acids is 1. The molecule has 4 nitrogen and oxygen atoms in total. The number of aromatic nitrogens is 2. The molecule has 0 amide bonds. The zero-order valence-electron chi connectivity index (χ0n) is 12.1. The number of carbonyl (C=O) groups is 1. The predicted molar refractivity (Wildman–Crippen MR) is 80.2 cm³/mol. The van der Waals surface area contributed by atoms with Gasteiger partial charge in [-0.3, -0.25) is 4.79 Å². The summed E-state index contributed by atoms with van der Waals surface area (Å²) in [7, 11) is 1.77. The molecule has 1 aromatic heterocycles. The van der Waals surface area contributed by atoms with Crippen LogP contribution in [-0.2, 0) is 6.42 Å². The van der Waals surface area contributed by atoms with Crippen molar-refractivity contribution in [2.45, 2.75) is 20.3 Å². The van der Waals surface area contributed by atoms with E-state index in [2.05, 4.69) is 10.4 Å². The Morgan fingerprint density at radius 2 is 2.05 bits per heavy atom. The first-order chi connectivity index (χ1) is 9.69. The van der Waals surface area contributed by atoms with Gasteiger partial charge in [-0.2, -0.15) is 5.10 Å². The van der Waals surface area contributed by atoms with Crippen LogP contribution < -0.4 is 5.32 Å². The van der Waals surface area contributed by atoms with Gasteiger partial charge in [-0.25, -0.2) is 4.68 Å². The number of rotatable bonds is 5. The largest absolute Gasteiger partial charge is 0.394 e. The van der Waals surface area contributed by atoms with Crippen LogP contribution in [0.5, 0.6) is 0 Å². The number of nitrogens with one attached hydrogen (secondary N) is 1. The third-order valence-corrected chi connectivity index (χ3v) is 3.17. The number of nitrogens with zero attached hydrogens (tertiary/aromatic N) is 2. The van der Waals surface area contributed by atoms with E-state index in [1.807, 2.05) is 48.9 Å². The molecule has 0 unspecified atom stereocenters. The predicted octanol–water partition coefficient (Wildman–Crippen LogP) is 2.66. The fourth-order valence-electron chi connectivity index (χ4n) is 2.19. The minimum atomic E-state index is -0.0177. The Labute approximate surface area is 119 Å². The molecule has 2 rings (SSSR count). The molecule has 4 heteroatoms. The third kappa shape index (κ3) is 2.64. The summed E-state index contributed by atoms with van der Waals surface area (Å²) >= 11 is 0. The Balaban J connectivity index is 2.51. The van der Waals surface area contributed by atoms with Gasteiger partial charge < -0.3 is 5.32 Å². The van der Waals surface area contributed by atoms with Crippen molar-refractivity contribution in [1.29, 1.82) is 0 Å². The van der Waals surface area contributed by atoms with Crippen molar-refractivity contribution < 1.29 is 4.79 Å². The van der Waals surface area contributed by atoms with Crippen molar-refractivity contribution in [3.63, 3.8) is 0 Å². The molecule has 104 valence electrons. The number of allylic oxidation sites excluding steroid dienone is 1. The summed E-state index contributed by atoms with van der Waals surface area (Å²) in [6.07, 6.45) is 3.91. The average molecular weight is 269 g/mol. The van der Waals surface area contributed by atoms with Crippen LogP contribution in [0.1, 0.15) is 28.7 Å². The van der Waals surface area contributed by atoms with Crippen molar-refractivity contribution in [2.75, 3.05) is 7.05 Å². The minimum absolute atomic E-state index is 0.0177. The van der Waals surface area contributed by atoms with Crippen LogP contribution in [0.25, 0.3) is 5.69 Å². The Morgan fingerprint density at radius 1 is 1.35 bits per heavy atom. The molecular formula is C16H19N3O. The molecule has 20 heavy (non-hydrogen) atoms. The molecule has 1 N–H and O–H groups in total. The highest BCUT2D eigenvalue weighted by Crippen LogP contribution is 2.19. The van der Waals surface area contributed by atoms with E-state index in [9.17, 15) is 4.79 Å². The Hall–Kier alpha value is -2.36. The maximum atomic E-state index is 12.3. The van der Waals surface area contributed by atoms with Crippen molar-refractivity contribution in [3.8, 4) is 5.69 Å². The highest BCUT2D eigenvalue weighted by Gasteiger charge is 2.18. The normalized spacial score (nSPS) is 10.9. The zero-order chi connectivity index (χ0) is 14.5. The van der Waals surface area contributed by atoms with Crippen molar-refractivity contribution >= 4 is 5.78 Å². The second kappa shape index (κ2) is 6.19. The van der Waals surface area contributed by atoms with E-state index < -0.39 is 0 Å². The lowest BCUT2D eigenvalue weighted by Crippen LogP contribution is -2.03. The van der Waals surface area contributed by atoms with Crippen molar-refractivity contribution in [3.05, 3.63) is 59.6 Å². The van der Waals surface area contributed by atoms with Crippen LogP contribution in [-0.4, -0.2) is 22.6 Å². The van der Waals surface area contributed by atoms with Gasteiger partial charge in [0.2, 0.25) is 0 Å². The van der Waals surface area contributed by atoms with Gasteiger partial charge in [0.1, 0.15) is 0 Å². The summed E-state index contributed by atoms with van der Waals surface area (Å²) in [6, 6.07) is 9.86. The number of benzene rings is 1. The number of hydrogen-bond donors (Lipinski definition) is 1. The zero-order valence-corrected chi connectivity index (χ0v) is 12.1. The number of hydrogen-bond acceptors (Lipinski definition) is 3. The van der Waals surface area contributed by atoms with E-state index in [-0.39, 0.29) is 5.78 Å². The quantitative estimate of drug-likeness (QED) is 0.670. The maximum absolute atomic E-state index is 12.3. The van der Waals surface area contributed by atoms with Gasteiger partial charge in [0.15, 0.2) is 5.78 Å². The van der Waals surface area contributed by atoms with Gasteiger partial charge in [0.05, 0.1) is 22.6 Å². The van der Waals surface area contributed by atoms with Crippen molar-refractivity contribution in [2.24, 2.45) is 0 Å². The molecule has 0 radical (unpaired) electrons. The molecule has 0 aliphatic rings. The minimum Gasteiger partial charge on any atom is -0.394 e. The molecule has 0 saturated heterocycles. The molecular weight excluding hydrogens is 250 g/mol. The molecule has 0 saturated carbocycles. The monoisotopic (exact) mass is 269 g/mol. The maximum Gasteiger partial charge on any atom is 0.191 e. The van der Waals surface area contributed by atoms with Crippen LogP contribution >= 0.6 is 0 Å². The molecule has 1 aromatic carbocycles. The first-order valence-corrected chi connectivity index (χ1v) is 6.71. The van der Waals surface area contributed by atoms with Crippen LogP contribution in [0.2, 0.25) is 0 Å². The Kier molecular flexibility index (Phi) is 4.35. The van der Waals surface area contributed by atoms with E-state index in [0.29, 0.717) is 5.56 Å². The second-order valence-corrected chi connectivity index (χ2v) is 4.49. The van der Waals surface area contributed by atoms with Gasteiger partial charge >= 0.3 is 0 Å². The first-order valence-electron chi connectivity index (χ1n) is 6.71. The lowest BCUT2D eigenvalue weighted by atomic mass is 10.1.